The first kappa shape index (κ1) is 22.9. The highest BCUT2D eigenvalue weighted by Gasteiger charge is 2.40. The van der Waals surface area contributed by atoms with Gasteiger partial charge in [-0.15, -0.1) is 0 Å². The van der Waals surface area contributed by atoms with E-state index in [1.807, 2.05) is 37.5 Å². The second-order valence-electron chi connectivity index (χ2n) is 10.1. The van der Waals surface area contributed by atoms with Crippen LogP contribution in [0.1, 0.15) is 44.1 Å². The maximum absolute atomic E-state index is 13.0. The number of aromatic amines is 1. The van der Waals surface area contributed by atoms with Crippen molar-refractivity contribution in [1.29, 1.82) is 0 Å². The minimum atomic E-state index is -0.775. The normalized spacial score (nSPS) is 25.4. The number of urea groups is 1. The van der Waals surface area contributed by atoms with E-state index in [-0.39, 0.29) is 18.2 Å². The zero-order valence-corrected chi connectivity index (χ0v) is 20.0. The number of carbonyl (C=O) groups is 3. The van der Waals surface area contributed by atoms with Gasteiger partial charge in [0.05, 0.1) is 6.42 Å². The first-order chi connectivity index (χ1) is 16.5. The number of fused-ring (bicyclic) bond motifs is 2. The molecule has 3 saturated heterocycles. The Morgan fingerprint density at radius 1 is 1.12 bits per heavy atom. The molecule has 1 aromatic carbocycles. The molecule has 0 radical (unpaired) electrons. The van der Waals surface area contributed by atoms with Gasteiger partial charge in [0, 0.05) is 43.3 Å². The number of hydrogen-bond donors (Lipinski definition) is 2. The molecule has 8 heteroatoms. The Kier molecular flexibility index (Phi) is 6.59. The fourth-order valence-electron chi connectivity index (χ4n) is 6.07. The molecule has 3 aliphatic rings. The number of benzene rings is 1. The Morgan fingerprint density at radius 2 is 1.94 bits per heavy atom. The van der Waals surface area contributed by atoms with Crippen molar-refractivity contribution in [2.45, 2.75) is 57.0 Å². The summed E-state index contributed by atoms with van der Waals surface area (Å²) in [7, 11) is 1.83. The van der Waals surface area contributed by atoms with Crippen molar-refractivity contribution in [3.8, 4) is 0 Å². The van der Waals surface area contributed by atoms with E-state index in [0.717, 1.165) is 29.4 Å². The van der Waals surface area contributed by atoms with Crippen LogP contribution in [0.3, 0.4) is 0 Å². The van der Waals surface area contributed by atoms with Gasteiger partial charge in [-0.1, -0.05) is 24.6 Å². The number of aromatic nitrogens is 1. The SMILES string of the molecule is CN(C[C@@H]1CCCN2CCCC[C@H]12)C(=O)C[C@H]1NC(=O)N(CCc2c[nH]c3ccccc23)C1=O. The smallest absolute Gasteiger partial charge is 0.324 e. The van der Waals surface area contributed by atoms with E-state index < -0.39 is 12.1 Å². The number of para-hydroxylation sites is 1. The molecule has 2 aromatic rings. The first-order valence-corrected chi connectivity index (χ1v) is 12.7. The van der Waals surface area contributed by atoms with Gasteiger partial charge in [-0.05, 0) is 62.7 Å². The molecule has 0 unspecified atom stereocenters. The van der Waals surface area contributed by atoms with Crippen molar-refractivity contribution >= 4 is 28.7 Å². The topological polar surface area (TPSA) is 88.8 Å². The molecule has 3 aliphatic heterocycles. The predicted octanol–water partition coefficient (Wildman–Crippen LogP) is 2.74. The minimum absolute atomic E-state index is 0.0196. The number of nitrogens with zero attached hydrogens (tertiary/aromatic N) is 3. The van der Waals surface area contributed by atoms with E-state index in [0.29, 0.717) is 24.9 Å². The van der Waals surface area contributed by atoms with Crippen molar-refractivity contribution < 1.29 is 14.4 Å². The van der Waals surface area contributed by atoms with Crippen molar-refractivity contribution in [2.75, 3.05) is 33.2 Å². The summed E-state index contributed by atoms with van der Waals surface area (Å²) in [5.41, 5.74) is 2.11. The first-order valence-electron chi connectivity index (χ1n) is 12.7. The largest absolute Gasteiger partial charge is 0.361 e. The van der Waals surface area contributed by atoms with Crippen molar-refractivity contribution in [3.05, 3.63) is 36.0 Å². The van der Waals surface area contributed by atoms with Crippen molar-refractivity contribution in [1.82, 2.24) is 25.0 Å². The van der Waals surface area contributed by atoms with Gasteiger partial charge in [0.1, 0.15) is 6.04 Å². The van der Waals surface area contributed by atoms with Crippen LogP contribution in [0.2, 0.25) is 0 Å². The molecular weight excluding hydrogens is 430 g/mol. The van der Waals surface area contributed by atoms with E-state index >= 15 is 0 Å². The van der Waals surface area contributed by atoms with Gasteiger partial charge in [-0.2, -0.15) is 0 Å². The molecule has 3 atom stereocenters. The summed E-state index contributed by atoms with van der Waals surface area (Å²) < 4.78 is 0. The van der Waals surface area contributed by atoms with Crippen molar-refractivity contribution in [2.24, 2.45) is 5.92 Å². The highest BCUT2D eigenvalue weighted by atomic mass is 16.2. The van der Waals surface area contributed by atoms with Gasteiger partial charge in [-0.3, -0.25) is 14.5 Å². The zero-order chi connectivity index (χ0) is 23.7. The number of rotatable bonds is 7. The van der Waals surface area contributed by atoms with E-state index in [9.17, 15) is 14.4 Å². The van der Waals surface area contributed by atoms with Crippen LogP contribution >= 0.6 is 0 Å². The summed E-state index contributed by atoms with van der Waals surface area (Å²) in [5.74, 6) is 0.109. The third-order valence-electron chi connectivity index (χ3n) is 7.93. The summed E-state index contributed by atoms with van der Waals surface area (Å²) in [6.07, 6.45) is 8.62. The third kappa shape index (κ3) is 4.56. The second-order valence-corrected chi connectivity index (χ2v) is 10.1. The molecule has 8 nitrogen and oxygen atoms in total. The quantitative estimate of drug-likeness (QED) is 0.616. The molecule has 5 rings (SSSR count). The maximum Gasteiger partial charge on any atom is 0.324 e. The summed E-state index contributed by atoms with van der Waals surface area (Å²) in [4.78, 5) is 47.3. The molecule has 2 N–H and O–H groups in total. The second kappa shape index (κ2) is 9.78. The fraction of sp³-hybridized carbons (Fsp3) is 0.577. The lowest BCUT2D eigenvalue weighted by Gasteiger charge is -2.45. The molecule has 4 amide bonds. The van der Waals surface area contributed by atoms with Crippen LogP contribution in [-0.4, -0.2) is 82.8 Å². The van der Waals surface area contributed by atoms with Crippen LogP contribution in [0.25, 0.3) is 10.9 Å². The monoisotopic (exact) mass is 465 g/mol. The van der Waals surface area contributed by atoms with Gasteiger partial charge < -0.3 is 20.1 Å². The summed E-state index contributed by atoms with van der Waals surface area (Å²) >= 11 is 0. The highest BCUT2D eigenvalue weighted by molar-refractivity contribution is 6.05. The van der Waals surface area contributed by atoms with Gasteiger partial charge in [0.15, 0.2) is 0 Å². The average molecular weight is 466 g/mol. The number of piperidine rings is 2. The molecule has 0 bridgehead atoms. The third-order valence-corrected chi connectivity index (χ3v) is 7.93. The van der Waals surface area contributed by atoms with E-state index in [4.69, 9.17) is 0 Å². The van der Waals surface area contributed by atoms with E-state index in [1.165, 1.54) is 43.7 Å². The lowest BCUT2D eigenvalue weighted by molar-refractivity contribution is -0.135. The molecule has 182 valence electrons. The molecule has 34 heavy (non-hydrogen) atoms. The van der Waals surface area contributed by atoms with Crippen LogP contribution < -0.4 is 5.32 Å². The fourth-order valence-corrected chi connectivity index (χ4v) is 6.07. The highest BCUT2D eigenvalue weighted by Crippen LogP contribution is 2.31. The Balaban J connectivity index is 1.15. The lowest BCUT2D eigenvalue weighted by Crippen LogP contribution is -2.51. The Hall–Kier alpha value is -2.87. The van der Waals surface area contributed by atoms with E-state index in [2.05, 4.69) is 15.2 Å². The van der Waals surface area contributed by atoms with Crippen LogP contribution in [0.4, 0.5) is 4.79 Å². The summed E-state index contributed by atoms with van der Waals surface area (Å²) in [6.45, 7) is 3.37. The van der Waals surface area contributed by atoms with E-state index in [1.54, 1.807) is 4.90 Å². The number of carbonyl (C=O) groups excluding carboxylic acids is 3. The summed E-state index contributed by atoms with van der Waals surface area (Å²) in [5, 5.41) is 3.83. The molecule has 4 heterocycles. The predicted molar refractivity (Wildman–Crippen MR) is 130 cm³/mol. The minimum Gasteiger partial charge on any atom is -0.361 e. The molecule has 0 spiro atoms. The zero-order valence-electron chi connectivity index (χ0n) is 20.0. The van der Waals surface area contributed by atoms with Crippen LogP contribution in [0.15, 0.2) is 30.5 Å². The Labute approximate surface area is 200 Å². The maximum atomic E-state index is 13.0. The molecule has 0 aliphatic carbocycles. The molecule has 1 aromatic heterocycles. The molecular formula is C26H35N5O3. The summed E-state index contributed by atoms with van der Waals surface area (Å²) in [6, 6.07) is 7.37. The van der Waals surface area contributed by atoms with Gasteiger partial charge in [0.2, 0.25) is 5.91 Å². The van der Waals surface area contributed by atoms with Crippen LogP contribution in [0.5, 0.6) is 0 Å². The number of amides is 4. The van der Waals surface area contributed by atoms with Gasteiger partial charge >= 0.3 is 6.03 Å². The molecule has 0 saturated carbocycles. The number of H-pyrrole nitrogens is 1. The molecule has 3 fully saturated rings. The van der Waals surface area contributed by atoms with Crippen molar-refractivity contribution in [3.63, 3.8) is 0 Å². The number of hydrogen-bond acceptors (Lipinski definition) is 4. The number of imide groups is 1. The van der Waals surface area contributed by atoms with Crippen LogP contribution in [-0.2, 0) is 16.0 Å². The average Bonchev–Trinajstić information content (AvgIpc) is 3.38. The number of nitrogens with one attached hydrogen (secondary N) is 2. The van der Waals surface area contributed by atoms with Gasteiger partial charge in [0.25, 0.3) is 5.91 Å². The van der Waals surface area contributed by atoms with Crippen LogP contribution in [0, 0.1) is 5.92 Å². The lowest BCUT2D eigenvalue weighted by atomic mass is 9.83. The Bertz CT molecular complexity index is 1060. The Morgan fingerprint density at radius 3 is 2.82 bits per heavy atom. The van der Waals surface area contributed by atoms with Gasteiger partial charge in [-0.25, -0.2) is 4.79 Å². The standard InChI is InChI=1S/C26H35N5O3/c1-29(17-19-7-6-13-30-12-5-4-10-23(19)30)24(32)15-22-25(33)31(26(34)28-22)14-11-18-16-27-21-9-3-2-8-20(18)21/h2-3,8-9,16,19,22-23,27H,4-7,10-15,17H2,1H3,(H,28,34)/t19-,22+,23+/m0/s1.